The first-order valence-electron chi connectivity index (χ1n) is 6.22. The van der Waals surface area contributed by atoms with E-state index in [2.05, 4.69) is 16.1 Å². The Morgan fingerprint density at radius 3 is 2.65 bits per heavy atom. The molecule has 4 heteroatoms. The van der Waals surface area contributed by atoms with Gasteiger partial charge in [0.05, 0.1) is 21.1 Å². The minimum Gasteiger partial charge on any atom is -0.320 e. The van der Waals surface area contributed by atoms with Gasteiger partial charge in [0.15, 0.2) is 0 Å². The summed E-state index contributed by atoms with van der Waals surface area (Å²) >= 11 is 12.1. The minimum atomic E-state index is 0.529. The Balaban J connectivity index is 2.26. The molecule has 3 aromatic rings. The summed E-state index contributed by atoms with van der Waals surface area (Å²) in [6.07, 6.45) is 1.86. The third-order valence-corrected chi connectivity index (χ3v) is 3.88. The zero-order valence-corrected chi connectivity index (χ0v) is 12.2. The van der Waals surface area contributed by atoms with E-state index in [9.17, 15) is 0 Å². The quantitative estimate of drug-likeness (QED) is 0.608. The Kier molecular flexibility index (Phi) is 3.51. The second-order valence-electron chi connectivity index (χ2n) is 4.45. The molecule has 0 fully saturated rings. The zero-order chi connectivity index (χ0) is 14.1. The van der Waals surface area contributed by atoms with Crippen LogP contribution in [0, 0.1) is 0 Å². The van der Waals surface area contributed by atoms with Gasteiger partial charge in [0, 0.05) is 12.1 Å². The number of allylic oxidation sites excluding steroid dienone is 1. The van der Waals surface area contributed by atoms with Gasteiger partial charge in [-0.05, 0) is 30.3 Å². The molecular formula is C16H12Cl2N2. The van der Waals surface area contributed by atoms with E-state index in [1.807, 2.05) is 42.5 Å². The van der Waals surface area contributed by atoms with E-state index in [0.29, 0.717) is 16.6 Å². The number of fused-ring (bicyclic) bond motifs is 1. The summed E-state index contributed by atoms with van der Waals surface area (Å²) in [4.78, 5) is 4.69. The van der Waals surface area contributed by atoms with Gasteiger partial charge < -0.3 is 4.57 Å². The van der Waals surface area contributed by atoms with Crippen molar-refractivity contribution in [3.63, 3.8) is 0 Å². The van der Waals surface area contributed by atoms with Crippen LogP contribution in [0.5, 0.6) is 0 Å². The number of hydrogen-bond donors (Lipinski definition) is 0. The van der Waals surface area contributed by atoms with Crippen LogP contribution in [0.4, 0.5) is 0 Å². The molecule has 0 aliphatic rings. The van der Waals surface area contributed by atoms with Crippen molar-refractivity contribution in [3.8, 4) is 11.4 Å². The SMILES string of the molecule is C=CCn1c(-c2ccc(Cl)c(Cl)c2)nc2ccccc21. The largest absolute Gasteiger partial charge is 0.320 e. The van der Waals surface area contributed by atoms with E-state index in [-0.39, 0.29) is 0 Å². The van der Waals surface area contributed by atoms with Crippen molar-refractivity contribution >= 4 is 34.2 Å². The molecule has 0 N–H and O–H groups in total. The van der Waals surface area contributed by atoms with Crippen molar-refractivity contribution in [2.45, 2.75) is 6.54 Å². The number of imidazole rings is 1. The third-order valence-electron chi connectivity index (χ3n) is 3.14. The Hall–Kier alpha value is -1.77. The molecule has 0 saturated carbocycles. The molecule has 0 amide bonds. The second-order valence-corrected chi connectivity index (χ2v) is 5.27. The highest BCUT2D eigenvalue weighted by Gasteiger charge is 2.12. The summed E-state index contributed by atoms with van der Waals surface area (Å²) in [6, 6.07) is 13.6. The van der Waals surface area contributed by atoms with Crippen LogP contribution in [-0.2, 0) is 6.54 Å². The van der Waals surface area contributed by atoms with Crippen LogP contribution >= 0.6 is 23.2 Å². The van der Waals surface area contributed by atoms with Gasteiger partial charge in [-0.15, -0.1) is 6.58 Å². The Morgan fingerprint density at radius 2 is 1.90 bits per heavy atom. The number of para-hydroxylation sites is 2. The van der Waals surface area contributed by atoms with Gasteiger partial charge >= 0.3 is 0 Å². The highest BCUT2D eigenvalue weighted by molar-refractivity contribution is 6.42. The molecule has 0 spiro atoms. The molecule has 0 unspecified atom stereocenters. The molecule has 1 aromatic heterocycles. The third kappa shape index (κ3) is 2.21. The number of halogens is 2. The molecular weight excluding hydrogens is 291 g/mol. The predicted molar refractivity (Wildman–Crippen MR) is 85.4 cm³/mol. The van der Waals surface area contributed by atoms with Gasteiger partial charge in [-0.1, -0.05) is 41.4 Å². The molecule has 2 nitrogen and oxygen atoms in total. The first-order valence-corrected chi connectivity index (χ1v) is 6.98. The minimum absolute atomic E-state index is 0.529. The normalized spacial score (nSPS) is 10.9. The lowest BCUT2D eigenvalue weighted by Crippen LogP contribution is -1.98. The van der Waals surface area contributed by atoms with Gasteiger partial charge in [-0.3, -0.25) is 0 Å². The monoisotopic (exact) mass is 302 g/mol. The summed E-state index contributed by atoms with van der Waals surface area (Å²) in [5.41, 5.74) is 2.97. The molecule has 0 atom stereocenters. The van der Waals surface area contributed by atoms with Crippen LogP contribution in [0.15, 0.2) is 55.1 Å². The van der Waals surface area contributed by atoms with Crippen molar-refractivity contribution in [3.05, 3.63) is 65.2 Å². The molecule has 0 aliphatic carbocycles. The van der Waals surface area contributed by atoms with Crippen LogP contribution in [0.2, 0.25) is 10.0 Å². The molecule has 2 aromatic carbocycles. The molecule has 100 valence electrons. The Bertz CT molecular complexity index is 790. The van der Waals surface area contributed by atoms with Crippen LogP contribution in [-0.4, -0.2) is 9.55 Å². The van der Waals surface area contributed by atoms with E-state index < -0.39 is 0 Å². The molecule has 20 heavy (non-hydrogen) atoms. The van der Waals surface area contributed by atoms with Crippen molar-refractivity contribution in [2.24, 2.45) is 0 Å². The predicted octanol–water partition coefficient (Wildman–Crippen LogP) is 5.20. The van der Waals surface area contributed by atoms with Gasteiger partial charge in [0.2, 0.25) is 0 Å². The van der Waals surface area contributed by atoms with Gasteiger partial charge in [0.1, 0.15) is 5.82 Å². The smallest absolute Gasteiger partial charge is 0.141 e. The molecule has 0 saturated heterocycles. The fourth-order valence-corrected chi connectivity index (χ4v) is 2.54. The van der Waals surface area contributed by atoms with E-state index in [0.717, 1.165) is 22.4 Å². The molecule has 1 heterocycles. The van der Waals surface area contributed by atoms with Crippen LogP contribution in [0.25, 0.3) is 22.4 Å². The lowest BCUT2D eigenvalue weighted by atomic mass is 10.2. The molecule has 0 aliphatic heterocycles. The van der Waals surface area contributed by atoms with Gasteiger partial charge in [-0.2, -0.15) is 0 Å². The maximum Gasteiger partial charge on any atom is 0.141 e. The number of rotatable bonds is 3. The summed E-state index contributed by atoms with van der Waals surface area (Å²) in [5, 5.41) is 1.07. The average molecular weight is 303 g/mol. The zero-order valence-electron chi connectivity index (χ0n) is 10.7. The first kappa shape index (κ1) is 13.2. The highest BCUT2D eigenvalue weighted by Crippen LogP contribution is 2.30. The number of nitrogens with zero attached hydrogens (tertiary/aromatic N) is 2. The van der Waals surface area contributed by atoms with E-state index in [1.165, 1.54) is 0 Å². The fraction of sp³-hybridized carbons (Fsp3) is 0.0625. The standard InChI is InChI=1S/C16H12Cl2N2/c1-2-9-20-15-6-4-3-5-14(15)19-16(20)11-7-8-12(17)13(18)10-11/h2-8,10H,1,9H2. The van der Waals surface area contributed by atoms with Crippen molar-refractivity contribution in [1.82, 2.24) is 9.55 Å². The van der Waals surface area contributed by atoms with Crippen molar-refractivity contribution in [1.29, 1.82) is 0 Å². The van der Waals surface area contributed by atoms with E-state index in [1.54, 1.807) is 6.07 Å². The summed E-state index contributed by atoms with van der Waals surface area (Å²) in [7, 11) is 0. The van der Waals surface area contributed by atoms with Crippen molar-refractivity contribution in [2.75, 3.05) is 0 Å². The second kappa shape index (κ2) is 5.31. The summed E-state index contributed by atoms with van der Waals surface area (Å²) in [5.74, 6) is 0.865. The first-order chi connectivity index (χ1) is 9.70. The number of hydrogen-bond acceptors (Lipinski definition) is 1. The van der Waals surface area contributed by atoms with Gasteiger partial charge in [0.25, 0.3) is 0 Å². The maximum atomic E-state index is 6.10. The van der Waals surface area contributed by atoms with E-state index in [4.69, 9.17) is 23.2 Å². The Morgan fingerprint density at radius 1 is 1.10 bits per heavy atom. The van der Waals surface area contributed by atoms with Crippen LogP contribution in [0.1, 0.15) is 0 Å². The van der Waals surface area contributed by atoms with E-state index >= 15 is 0 Å². The van der Waals surface area contributed by atoms with Crippen LogP contribution < -0.4 is 0 Å². The van der Waals surface area contributed by atoms with Gasteiger partial charge in [-0.25, -0.2) is 4.98 Å². The maximum absolute atomic E-state index is 6.10. The van der Waals surface area contributed by atoms with Crippen LogP contribution in [0.3, 0.4) is 0 Å². The molecule has 0 radical (unpaired) electrons. The molecule has 0 bridgehead atoms. The van der Waals surface area contributed by atoms with Crippen molar-refractivity contribution < 1.29 is 0 Å². The summed E-state index contributed by atoms with van der Waals surface area (Å²) in [6.45, 7) is 4.50. The number of aromatic nitrogens is 2. The lowest BCUT2D eigenvalue weighted by Gasteiger charge is -2.07. The number of benzene rings is 2. The Labute approximate surface area is 127 Å². The summed E-state index contributed by atoms with van der Waals surface area (Å²) < 4.78 is 2.11. The molecule has 3 rings (SSSR count). The topological polar surface area (TPSA) is 17.8 Å². The highest BCUT2D eigenvalue weighted by atomic mass is 35.5. The fourth-order valence-electron chi connectivity index (χ4n) is 2.25. The lowest BCUT2D eigenvalue weighted by molar-refractivity contribution is 0.862. The average Bonchev–Trinajstić information content (AvgIpc) is 2.82.